The van der Waals surface area contributed by atoms with Gasteiger partial charge in [-0.2, -0.15) is 8.61 Å². The number of rotatable bonds is 6. The van der Waals surface area contributed by atoms with Gasteiger partial charge in [-0.1, -0.05) is 89.5 Å². The molecule has 0 aliphatic carbocycles. The first-order valence-corrected chi connectivity index (χ1v) is 17.7. The number of carbonyl (C=O) groups excluding carboxylic acids is 1. The number of benzene rings is 4. The van der Waals surface area contributed by atoms with E-state index in [0.29, 0.717) is 16.1 Å². The zero-order chi connectivity index (χ0) is 31.2. The van der Waals surface area contributed by atoms with Crippen LogP contribution in [0.2, 0.25) is 5.02 Å². The number of fused-ring (bicyclic) bond motifs is 1. The summed E-state index contributed by atoms with van der Waals surface area (Å²) in [6.45, 7) is 3.61. The van der Waals surface area contributed by atoms with Gasteiger partial charge in [-0.05, 0) is 67.8 Å². The number of sulfonamides is 2. The van der Waals surface area contributed by atoms with Gasteiger partial charge < -0.3 is 0 Å². The van der Waals surface area contributed by atoms with E-state index in [-0.39, 0.29) is 35.0 Å². The van der Waals surface area contributed by atoms with E-state index in [1.165, 1.54) is 8.61 Å². The van der Waals surface area contributed by atoms with Crippen LogP contribution in [0.5, 0.6) is 0 Å². The van der Waals surface area contributed by atoms with Gasteiger partial charge >= 0.3 is 0 Å². The lowest BCUT2D eigenvalue weighted by Crippen LogP contribution is -2.60. The first-order valence-electron chi connectivity index (χ1n) is 14.5. The molecule has 4 atom stereocenters. The van der Waals surface area contributed by atoms with Crippen molar-refractivity contribution in [3.63, 3.8) is 0 Å². The Labute approximate surface area is 264 Å². The van der Waals surface area contributed by atoms with E-state index in [1.807, 2.05) is 44.2 Å². The summed E-state index contributed by atoms with van der Waals surface area (Å²) < 4.78 is 60.3. The molecular weight excluding hydrogens is 616 g/mol. The lowest BCUT2D eigenvalue weighted by atomic mass is 9.77. The second-order valence-electron chi connectivity index (χ2n) is 11.6. The Balaban J connectivity index is 1.51. The minimum Gasteiger partial charge on any atom is -0.299 e. The smallest absolute Gasteiger partial charge is 0.243 e. The third kappa shape index (κ3) is 5.63. The highest BCUT2D eigenvalue weighted by molar-refractivity contribution is 7.89. The number of hydrogen-bond acceptors (Lipinski definition) is 5. The van der Waals surface area contributed by atoms with Crippen molar-refractivity contribution in [2.75, 3.05) is 6.54 Å². The van der Waals surface area contributed by atoms with Crippen molar-refractivity contribution in [1.82, 2.24) is 8.61 Å². The van der Waals surface area contributed by atoms with Crippen LogP contribution in [-0.4, -0.2) is 43.8 Å². The van der Waals surface area contributed by atoms with E-state index in [0.717, 1.165) is 11.1 Å². The van der Waals surface area contributed by atoms with Gasteiger partial charge in [0.1, 0.15) is 5.78 Å². The molecule has 2 fully saturated rings. The third-order valence-corrected chi connectivity index (χ3v) is 12.8. The Kier molecular flexibility index (Phi) is 8.28. The summed E-state index contributed by atoms with van der Waals surface area (Å²) in [4.78, 5) is 14.2. The topological polar surface area (TPSA) is 91.8 Å². The molecule has 44 heavy (non-hydrogen) atoms. The standard InChI is InChI=1S/C34H33ClN2O5S2/c1-23-11-15-28(16-12-23)43(39,40)36-22-30-33(20-31(36)26-9-6-10-27(35)19-26)37(44(41,42)29-17-13-24(2)14-18-29)32(21-34(30)38)25-7-4-3-5-8-25/h3-19,30-33H,20-22H2,1-2H3/t30-,31?,32?,33-/m1/s1. The zero-order valence-electron chi connectivity index (χ0n) is 24.4. The molecule has 2 unspecified atom stereocenters. The molecule has 2 heterocycles. The molecule has 0 spiro atoms. The summed E-state index contributed by atoms with van der Waals surface area (Å²) in [6, 6.07) is 27.1. The van der Waals surface area contributed by atoms with Crippen molar-refractivity contribution in [2.45, 2.75) is 54.6 Å². The fourth-order valence-corrected chi connectivity index (χ4v) is 10.2. The monoisotopic (exact) mass is 648 g/mol. The summed E-state index contributed by atoms with van der Waals surface area (Å²) in [5.41, 5.74) is 3.18. The molecule has 0 amide bonds. The Morgan fingerprint density at radius 2 is 1.25 bits per heavy atom. The number of ketones is 1. The van der Waals surface area contributed by atoms with Gasteiger partial charge in [0.2, 0.25) is 20.0 Å². The van der Waals surface area contributed by atoms with Crippen molar-refractivity contribution in [2.24, 2.45) is 5.92 Å². The molecule has 2 aliphatic heterocycles. The van der Waals surface area contributed by atoms with E-state index in [2.05, 4.69) is 0 Å². The van der Waals surface area contributed by atoms with Gasteiger partial charge in [0.15, 0.2) is 0 Å². The van der Waals surface area contributed by atoms with E-state index in [4.69, 9.17) is 11.6 Å². The van der Waals surface area contributed by atoms with Crippen LogP contribution in [0.3, 0.4) is 0 Å². The van der Waals surface area contributed by atoms with Crippen molar-refractivity contribution in [1.29, 1.82) is 0 Å². The van der Waals surface area contributed by atoms with Crippen LogP contribution in [-0.2, 0) is 24.8 Å². The summed E-state index contributed by atoms with van der Waals surface area (Å²) in [6.07, 6.45) is 0.0206. The molecule has 0 bridgehead atoms. The highest BCUT2D eigenvalue weighted by atomic mass is 35.5. The highest BCUT2D eigenvalue weighted by Gasteiger charge is 2.54. The number of hydrogen-bond donors (Lipinski definition) is 0. The van der Waals surface area contributed by atoms with Crippen LogP contribution >= 0.6 is 11.6 Å². The summed E-state index contributed by atoms with van der Waals surface area (Å²) >= 11 is 6.39. The lowest BCUT2D eigenvalue weighted by Gasteiger charge is -2.51. The quantitative estimate of drug-likeness (QED) is 0.239. The molecule has 228 valence electrons. The Bertz CT molecular complexity index is 1900. The lowest BCUT2D eigenvalue weighted by molar-refractivity contribution is -0.132. The predicted octanol–water partition coefficient (Wildman–Crippen LogP) is 6.48. The van der Waals surface area contributed by atoms with Crippen molar-refractivity contribution in [3.05, 3.63) is 130 Å². The Morgan fingerprint density at radius 1 is 0.682 bits per heavy atom. The fraction of sp³-hybridized carbons (Fsp3) is 0.265. The van der Waals surface area contributed by atoms with Crippen LogP contribution in [0.15, 0.2) is 113 Å². The number of aryl methyl sites for hydroxylation is 2. The number of Topliss-reactive ketones (excluding diaryl/α,β-unsaturated/α-hetero) is 1. The maximum Gasteiger partial charge on any atom is 0.243 e. The van der Waals surface area contributed by atoms with Crippen molar-refractivity contribution >= 4 is 37.4 Å². The van der Waals surface area contributed by atoms with Crippen LogP contribution in [0.4, 0.5) is 0 Å². The SMILES string of the molecule is Cc1ccc(S(=O)(=O)N2C[C@H]3C(=O)CC(c4ccccc4)N(S(=O)(=O)c4ccc(C)cc4)[C@@H]3CC2c2cccc(Cl)c2)cc1. The first kappa shape index (κ1) is 30.7. The number of nitrogens with zero attached hydrogens (tertiary/aromatic N) is 2. The average Bonchev–Trinajstić information content (AvgIpc) is 3.01. The zero-order valence-corrected chi connectivity index (χ0v) is 26.8. The normalized spacial score (nSPS) is 23.3. The van der Waals surface area contributed by atoms with Crippen LogP contribution in [0.25, 0.3) is 0 Å². The summed E-state index contributed by atoms with van der Waals surface area (Å²) in [7, 11) is -8.17. The molecule has 6 rings (SSSR count). The second-order valence-corrected chi connectivity index (χ2v) is 15.8. The third-order valence-electron chi connectivity index (χ3n) is 8.74. The number of halogens is 1. The van der Waals surface area contributed by atoms with Gasteiger partial charge in [0.25, 0.3) is 0 Å². The van der Waals surface area contributed by atoms with Crippen LogP contribution in [0, 0.1) is 19.8 Å². The number of piperidine rings is 2. The van der Waals surface area contributed by atoms with E-state index in [1.54, 1.807) is 72.8 Å². The molecular formula is C34H33ClN2O5S2. The van der Waals surface area contributed by atoms with E-state index in [9.17, 15) is 21.6 Å². The van der Waals surface area contributed by atoms with Crippen molar-refractivity contribution < 1.29 is 21.6 Å². The molecule has 2 aliphatic rings. The first-order chi connectivity index (χ1) is 21.0. The van der Waals surface area contributed by atoms with Crippen LogP contribution in [0.1, 0.15) is 47.2 Å². The molecule has 7 nitrogen and oxygen atoms in total. The molecule has 0 saturated carbocycles. The largest absolute Gasteiger partial charge is 0.299 e. The summed E-state index contributed by atoms with van der Waals surface area (Å²) in [5.74, 6) is -1.02. The molecule has 4 aromatic rings. The second kappa shape index (κ2) is 11.9. The molecule has 10 heteroatoms. The van der Waals surface area contributed by atoms with Gasteiger partial charge in [-0.25, -0.2) is 16.8 Å². The maximum atomic E-state index is 14.5. The highest BCUT2D eigenvalue weighted by Crippen LogP contribution is 2.48. The molecule has 2 saturated heterocycles. The predicted molar refractivity (Wildman–Crippen MR) is 170 cm³/mol. The average molecular weight is 649 g/mol. The van der Waals surface area contributed by atoms with Crippen LogP contribution < -0.4 is 0 Å². The molecule has 0 aromatic heterocycles. The molecule has 0 N–H and O–H groups in total. The minimum atomic E-state index is -4.11. The van der Waals surface area contributed by atoms with E-state index >= 15 is 0 Å². The van der Waals surface area contributed by atoms with E-state index < -0.39 is 44.1 Å². The van der Waals surface area contributed by atoms with Gasteiger partial charge in [-0.3, -0.25) is 4.79 Å². The van der Waals surface area contributed by atoms with Gasteiger partial charge in [-0.15, -0.1) is 0 Å². The fourth-order valence-electron chi connectivity index (χ4n) is 6.46. The minimum absolute atomic E-state index is 0.0590. The molecule has 4 aromatic carbocycles. The summed E-state index contributed by atoms with van der Waals surface area (Å²) in [5, 5.41) is 0.434. The Hall–Kier alpha value is -3.34. The maximum absolute atomic E-state index is 14.5. The number of carbonyl (C=O) groups is 1. The van der Waals surface area contributed by atoms with Crippen molar-refractivity contribution in [3.8, 4) is 0 Å². The van der Waals surface area contributed by atoms with Gasteiger partial charge in [0, 0.05) is 29.9 Å². The Morgan fingerprint density at radius 3 is 1.84 bits per heavy atom. The molecule has 0 radical (unpaired) electrons. The van der Waals surface area contributed by atoms with Gasteiger partial charge in [0.05, 0.1) is 21.9 Å².